The molecule has 1 aliphatic rings. The van der Waals surface area contributed by atoms with E-state index >= 15 is 0 Å². The number of carbonyl (C=O) groups is 2. The topological polar surface area (TPSA) is 58.6 Å². The standard InChI is InChI=1S/C18H16Cl2N2O3/c1-18(12-6-8-13(19)9-7-12)16(23)22(17(24)21-18)10-11-25-15-5-3-2-4-14(15)20/h2-9H,10-11H2,1H3,(H,21,24). The van der Waals surface area contributed by atoms with Gasteiger partial charge in [-0.25, -0.2) is 4.79 Å². The van der Waals surface area contributed by atoms with Gasteiger partial charge in [-0.05, 0) is 36.8 Å². The average molecular weight is 379 g/mol. The van der Waals surface area contributed by atoms with E-state index in [0.717, 1.165) is 4.90 Å². The number of para-hydroxylation sites is 1. The molecule has 0 radical (unpaired) electrons. The van der Waals surface area contributed by atoms with E-state index in [1.165, 1.54) is 0 Å². The SMILES string of the molecule is CC1(c2ccc(Cl)cc2)NC(=O)N(CCOc2ccccc2Cl)C1=O. The molecule has 1 N–H and O–H groups in total. The zero-order valence-electron chi connectivity index (χ0n) is 13.5. The van der Waals surface area contributed by atoms with Crippen molar-refractivity contribution in [2.45, 2.75) is 12.5 Å². The number of imide groups is 1. The zero-order chi connectivity index (χ0) is 18.0. The minimum Gasteiger partial charge on any atom is -0.490 e. The van der Waals surface area contributed by atoms with Crippen molar-refractivity contribution in [1.29, 1.82) is 0 Å². The molecule has 1 atom stereocenters. The van der Waals surface area contributed by atoms with Crippen LogP contribution in [0.15, 0.2) is 48.5 Å². The Morgan fingerprint density at radius 2 is 1.76 bits per heavy atom. The lowest BCUT2D eigenvalue weighted by Gasteiger charge is -2.22. The third-order valence-electron chi connectivity index (χ3n) is 4.11. The van der Waals surface area contributed by atoms with Gasteiger partial charge in [0.25, 0.3) is 5.91 Å². The van der Waals surface area contributed by atoms with Gasteiger partial charge < -0.3 is 10.1 Å². The first kappa shape index (κ1) is 17.6. The van der Waals surface area contributed by atoms with E-state index in [1.807, 2.05) is 0 Å². The van der Waals surface area contributed by atoms with E-state index in [2.05, 4.69) is 5.32 Å². The summed E-state index contributed by atoms with van der Waals surface area (Å²) < 4.78 is 5.56. The summed E-state index contributed by atoms with van der Waals surface area (Å²) in [6, 6.07) is 13.4. The Balaban J connectivity index is 1.69. The lowest BCUT2D eigenvalue weighted by Crippen LogP contribution is -2.41. The van der Waals surface area contributed by atoms with Gasteiger partial charge in [-0.3, -0.25) is 9.69 Å². The van der Waals surface area contributed by atoms with Crippen molar-refractivity contribution in [3.05, 3.63) is 64.1 Å². The second-order valence-electron chi connectivity index (χ2n) is 5.80. The number of nitrogens with zero attached hydrogens (tertiary/aromatic N) is 1. The van der Waals surface area contributed by atoms with Gasteiger partial charge in [0, 0.05) is 5.02 Å². The lowest BCUT2D eigenvalue weighted by molar-refractivity contribution is -0.131. The van der Waals surface area contributed by atoms with Crippen molar-refractivity contribution in [3.8, 4) is 5.75 Å². The van der Waals surface area contributed by atoms with Gasteiger partial charge in [0.15, 0.2) is 0 Å². The molecule has 1 saturated heterocycles. The van der Waals surface area contributed by atoms with Gasteiger partial charge in [-0.15, -0.1) is 0 Å². The van der Waals surface area contributed by atoms with Crippen molar-refractivity contribution in [2.24, 2.45) is 0 Å². The summed E-state index contributed by atoms with van der Waals surface area (Å²) >= 11 is 11.9. The van der Waals surface area contributed by atoms with E-state index < -0.39 is 11.6 Å². The molecule has 3 rings (SSSR count). The first-order chi connectivity index (χ1) is 11.9. The summed E-state index contributed by atoms with van der Waals surface area (Å²) in [5.41, 5.74) is -0.448. The highest BCUT2D eigenvalue weighted by Gasteiger charge is 2.48. The van der Waals surface area contributed by atoms with Crippen LogP contribution in [-0.2, 0) is 10.3 Å². The van der Waals surface area contributed by atoms with Crippen molar-refractivity contribution in [3.63, 3.8) is 0 Å². The summed E-state index contributed by atoms with van der Waals surface area (Å²) in [6.45, 7) is 1.95. The summed E-state index contributed by atoms with van der Waals surface area (Å²) in [5, 5.41) is 3.78. The summed E-state index contributed by atoms with van der Waals surface area (Å²) in [4.78, 5) is 26.1. The quantitative estimate of drug-likeness (QED) is 0.804. The Hall–Kier alpha value is -2.24. The Morgan fingerprint density at radius 1 is 1.08 bits per heavy atom. The second kappa shape index (κ2) is 6.94. The molecule has 1 fully saturated rings. The molecule has 130 valence electrons. The Kier molecular flexibility index (Phi) is 4.88. The van der Waals surface area contributed by atoms with Crippen molar-refractivity contribution in [1.82, 2.24) is 10.2 Å². The fourth-order valence-electron chi connectivity index (χ4n) is 2.69. The lowest BCUT2D eigenvalue weighted by atomic mass is 9.92. The number of benzene rings is 2. The molecule has 0 aliphatic carbocycles. The fraction of sp³-hybridized carbons (Fsp3) is 0.222. The number of hydrogen-bond acceptors (Lipinski definition) is 3. The van der Waals surface area contributed by atoms with Gasteiger partial charge >= 0.3 is 6.03 Å². The molecule has 1 aliphatic heterocycles. The highest BCUT2D eigenvalue weighted by atomic mass is 35.5. The van der Waals surface area contributed by atoms with E-state index in [-0.39, 0.29) is 19.1 Å². The van der Waals surface area contributed by atoms with Gasteiger partial charge in [-0.2, -0.15) is 0 Å². The second-order valence-corrected chi connectivity index (χ2v) is 6.64. The molecule has 1 unspecified atom stereocenters. The monoisotopic (exact) mass is 378 g/mol. The molecule has 3 amide bonds. The van der Waals surface area contributed by atoms with E-state index in [9.17, 15) is 9.59 Å². The number of ether oxygens (including phenoxy) is 1. The minimum atomic E-state index is -1.12. The predicted molar refractivity (Wildman–Crippen MR) is 96.0 cm³/mol. The molecular formula is C18H16Cl2N2O3. The summed E-state index contributed by atoms with van der Waals surface area (Å²) in [7, 11) is 0. The Labute approximate surface area is 155 Å². The highest BCUT2D eigenvalue weighted by molar-refractivity contribution is 6.32. The normalized spacial score (nSPS) is 19.9. The maximum absolute atomic E-state index is 12.8. The third kappa shape index (κ3) is 3.43. The van der Waals surface area contributed by atoms with Gasteiger partial charge in [0.05, 0.1) is 11.6 Å². The Morgan fingerprint density at radius 3 is 2.44 bits per heavy atom. The smallest absolute Gasteiger partial charge is 0.325 e. The average Bonchev–Trinajstić information content (AvgIpc) is 2.81. The molecule has 2 aromatic rings. The molecular weight excluding hydrogens is 363 g/mol. The van der Waals surface area contributed by atoms with E-state index in [4.69, 9.17) is 27.9 Å². The molecule has 0 bridgehead atoms. The van der Waals surface area contributed by atoms with Crippen LogP contribution in [0.1, 0.15) is 12.5 Å². The predicted octanol–water partition coefficient (Wildman–Crippen LogP) is 3.84. The molecule has 1 heterocycles. The molecule has 25 heavy (non-hydrogen) atoms. The first-order valence-corrected chi connectivity index (χ1v) is 8.45. The van der Waals surface area contributed by atoms with Crippen molar-refractivity contribution >= 4 is 35.1 Å². The zero-order valence-corrected chi connectivity index (χ0v) is 15.0. The van der Waals surface area contributed by atoms with Crippen LogP contribution in [0, 0.1) is 0 Å². The third-order valence-corrected chi connectivity index (χ3v) is 4.67. The van der Waals surface area contributed by atoms with Crippen LogP contribution in [0.2, 0.25) is 10.0 Å². The van der Waals surface area contributed by atoms with Crippen LogP contribution in [0.25, 0.3) is 0 Å². The first-order valence-electron chi connectivity index (χ1n) is 7.69. The summed E-state index contributed by atoms with van der Waals surface area (Å²) in [6.07, 6.45) is 0. The van der Waals surface area contributed by atoms with E-state index in [0.29, 0.717) is 21.4 Å². The fourth-order valence-corrected chi connectivity index (χ4v) is 3.00. The number of nitrogens with one attached hydrogen (secondary N) is 1. The van der Waals surface area contributed by atoms with Crippen LogP contribution >= 0.6 is 23.2 Å². The minimum absolute atomic E-state index is 0.124. The molecule has 0 saturated carbocycles. The number of halogens is 2. The molecule has 5 nitrogen and oxygen atoms in total. The van der Waals surface area contributed by atoms with Gasteiger partial charge in [0.1, 0.15) is 17.9 Å². The maximum Gasteiger partial charge on any atom is 0.325 e. The Bertz CT molecular complexity index is 810. The highest BCUT2D eigenvalue weighted by Crippen LogP contribution is 2.29. The number of urea groups is 1. The van der Waals surface area contributed by atoms with Gasteiger partial charge in [0.2, 0.25) is 0 Å². The molecule has 2 aromatic carbocycles. The number of hydrogen-bond donors (Lipinski definition) is 1. The van der Waals surface area contributed by atoms with Crippen LogP contribution in [-0.4, -0.2) is 30.0 Å². The largest absolute Gasteiger partial charge is 0.490 e. The molecule has 7 heteroatoms. The maximum atomic E-state index is 12.8. The van der Waals surface area contributed by atoms with Crippen LogP contribution in [0.3, 0.4) is 0 Å². The number of rotatable bonds is 5. The van der Waals surface area contributed by atoms with E-state index in [1.54, 1.807) is 55.5 Å². The molecule has 0 aromatic heterocycles. The number of carbonyl (C=O) groups excluding carboxylic acids is 2. The van der Waals surface area contributed by atoms with Crippen molar-refractivity contribution < 1.29 is 14.3 Å². The van der Waals surface area contributed by atoms with Crippen LogP contribution in [0.5, 0.6) is 5.75 Å². The summed E-state index contributed by atoms with van der Waals surface area (Å²) in [5.74, 6) is 0.180. The van der Waals surface area contributed by atoms with Gasteiger partial charge in [-0.1, -0.05) is 47.5 Å². The van der Waals surface area contributed by atoms with Crippen molar-refractivity contribution in [2.75, 3.05) is 13.2 Å². The molecule has 0 spiro atoms. The van der Waals surface area contributed by atoms with Crippen LogP contribution < -0.4 is 10.1 Å². The number of amides is 3. The van der Waals surface area contributed by atoms with Crippen LogP contribution in [0.4, 0.5) is 4.79 Å².